The van der Waals surface area contributed by atoms with Gasteiger partial charge in [0, 0.05) is 41.6 Å². The molecule has 2 aliphatic rings. The van der Waals surface area contributed by atoms with Crippen molar-refractivity contribution in [2.45, 2.75) is 13.5 Å². The fraction of sp³-hybridized carbons (Fsp3) is 0.400. The van der Waals surface area contributed by atoms with Crippen LogP contribution >= 0.6 is 23.5 Å². The molecule has 35 heavy (non-hydrogen) atoms. The number of thioether (sulfide) groups is 2. The van der Waals surface area contributed by atoms with Crippen LogP contribution < -0.4 is 14.8 Å². The van der Waals surface area contributed by atoms with E-state index in [1.165, 1.54) is 16.8 Å². The van der Waals surface area contributed by atoms with Crippen molar-refractivity contribution in [1.82, 2.24) is 9.91 Å². The highest BCUT2D eigenvalue weighted by Crippen LogP contribution is 2.30. The van der Waals surface area contributed by atoms with Crippen LogP contribution in [0.4, 0.5) is 10.5 Å². The molecular weight excluding hydrogens is 484 g/mol. The van der Waals surface area contributed by atoms with Crippen LogP contribution in [0.3, 0.4) is 0 Å². The molecule has 0 unspecified atom stereocenters. The zero-order chi connectivity index (χ0) is 24.6. The van der Waals surface area contributed by atoms with Crippen LogP contribution in [-0.2, 0) is 11.3 Å². The van der Waals surface area contributed by atoms with E-state index in [1.54, 1.807) is 7.11 Å². The lowest BCUT2D eigenvalue weighted by atomic mass is 10.1. The number of carbonyl (C=O) groups excluding carboxylic acids is 2. The Bertz CT molecular complexity index is 1070. The zero-order valence-electron chi connectivity index (χ0n) is 20.0. The third-order valence-corrected chi connectivity index (χ3v) is 7.44. The molecule has 0 bridgehead atoms. The molecule has 2 aromatic carbocycles. The molecule has 1 fully saturated rings. The van der Waals surface area contributed by atoms with Gasteiger partial charge in [-0.05, 0) is 42.8 Å². The van der Waals surface area contributed by atoms with E-state index in [4.69, 9.17) is 9.47 Å². The topological polar surface area (TPSA) is 83.5 Å². The largest absolute Gasteiger partial charge is 0.493 e. The van der Waals surface area contributed by atoms with Crippen LogP contribution in [0, 0.1) is 0 Å². The molecule has 0 aromatic heterocycles. The second-order valence-corrected chi connectivity index (χ2v) is 10.2. The summed E-state index contributed by atoms with van der Waals surface area (Å²) in [6, 6.07) is 13.2. The summed E-state index contributed by atoms with van der Waals surface area (Å²) < 4.78 is 11.0. The molecule has 0 radical (unpaired) electrons. The highest BCUT2D eigenvalue weighted by atomic mass is 32.2. The van der Waals surface area contributed by atoms with Gasteiger partial charge in [0.15, 0.2) is 11.5 Å². The average molecular weight is 515 g/mol. The van der Waals surface area contributed by atoms with Crippen molar-refractivity contribution >= 4 is 46.1 Å². The van der Waals surface area contributed by atoms with E-state index < -0.39 is 0 Å². The summed E-state index contributed by atoms with van der Waals surface area (Å²) in [6.45, 7) is 5.11. The molecular formula is C25H30N4O4S2. The molecule has 2 aromatic rings. The van der Waals surface area contributed by atoms with Gasteiger partial charge in [0.25, 0.3) is 0 Å². The number of rotatable bonds is 9. The minimum atomic E-state index is -0.0932. The van der Waals surface area contributed by atoms with Crippen LogP contribution in [0.15, 0.2) is 47.6 Å². The Morgan fingerprint density at radius 1 is 1.11 bits per heavy atom. The van der Waals surface area contributed by atoms with Gasteiger partial charge in [0.2, 0.25) is 5.91 Å². The smallest absolute Gasteiger partial charge is 0.302 e. The SMILES string of the molecule is CCOc1cc(C2=NN(Cc3ccc(NC(=O)CN4CCSCC4)cc3)C(=O)SC2)ccc1OC. The Balaban J connectivity index is 1.39. The van der Waals surface area contributed by atoms with Crippen molar-refractivity contribution in [2.24, 2.45) is 5.10 Å². The van der Waals surface area contributed by atoms with E-state index in [-0.39, 0.29) is 11.1 Å². The van der Waals surface area contributed by atoms with Gasteiger partial charge in [-0.15, -0.1) is 0 Å². The number of benzene rings is 2. The fourth-order valence-electron chi connectivity index (χ4n) is 3.81. The first kappa shape index (κ1) is 25.4. The third kappa shape index (κ3) is 6.93. The normalized spacial score (nSPS) is 16.6. The number of hydrogen-bond donors (Lipinski definition) is 1. The Labute approximate surface area is 214 Å². The molecule has 4 rings (SSSR count). The molecule has 2 aliphatic heterocycles. The predicted molar refractivity (Wildman–Crippen MR) is 143 cm³/mol. The number of anilines is 1. The van der Waals surface area contributed by atoms with E-state index in [2.05, 4.69) is 15.3 Å². The lowest BCUT2D eigenvalue weighted by molar-refractivity contribution is -0.117. The molecule has 8 nitrogen and oxygen atoms in total. The third-order valence-electron chi connectivity index (χ3n) is 5.62. The molecule has 10 heteroatoms. The van der Waals surface area contributed by atoms with E-state index in [9.17, 15) is 9.59 Å². The first-order valence-corrected chi connectivity index (χ1v) is 13.7. The summed E-state index contributed by atoms with van der Waals surface area (Å²) in [6.07, 6.45) is 0. The van der Waals surface area contributed by atoms with Crippen LogP contribution in [-0.4, -0.2) is 77.4 Å². The summed E-state index contributed by atoms with van der Waals surface area (Å²) in [4.78, 5) is 27.0. The van der Waals surface area contributed by atoms with Crippen molar-refractivity contribution in [3.05, 3.63) is 53.6 Å². The summed E-state index contributed by atoms with van der Waals surface area (Å²) >= 11 is 3.15. The lowest BCUT2D eigenvalue weighted by Crippen LogP contribution is -2.38. The van der Waals surface area contributed by atoms with Crippen molar-refractivity contribution in [2.75, 3.05) is 55.9 Å². The van der Waals surface area contributed by atoms with Gasteiger partial charge in [-0.2, -0.15) is 16.9 Å². The van der Waals surface area contributed by atoms with Crippen molar-refractivity contribution < 1.29 is 19.1 Å². The Morgan fingerprint density at radius 3 is 2.60 bits per heavy atom. The quantitative estimate of drug-likeness (QED) is 0.538. The fourth-order valence-corrected chi connectivity index (χ4v) is 5.53. The lowest BCUT2D eigenvalue weighted by Gasteiger charge is -2.25. The van der Waals surface area contributed by atoms with Gasteiger partial charge in [-0.25, -0.2) is 5.01 Å². The number of amides is 2. The molecule has 0 spiro atoms. The monoisotopic (exact) mass is 514 g/mol. The van der Waals surface area contributed by atoms with Crippen molar-refractivity contribution in [3.63, 3.8) is 0 Å². The summed E-state index contributed by atoms with van der Waals surface area (Å²) in [5, 5.41) is 8.98. The molecule has 1 saturated heterocycles. The minimum Gasteiger partial charge on any atom is -0.493 e. The van der Waals surface area contributed by atoms with Crippen LogP contribution in [0.5, 0.6) is 11.5 Å². The van der Waals surface area contributed by atoms with E-state index >= 15 is 0 Å². The molecule has 2 amide bonds. The van der Waals surface area contributed by atoms with Gasteiger partial charge >= 0.3 is 5.24 Å². The number of ether oxygens (including phenoxy) is 2. The van der Waals surface area contributed by atoms with E-state index in [1.807, 2.05) is 61.2 Å². The molecule has 0 aliphatic carbocycles. The van der Waals surface area contributed by atoms with Gasteiger partial charge < -0.3 is 14.8 Å². The van der Waals surface area contributed by atoms with Crippen LogP contribution in [0.1, 0.15) is 18.1 Å². The first-order valence-electron chi connectivity index (χ1n) is 11.6. The minimum absolute atomic E-state index is 0.00702. The number of hydrazone groups is 1. The maximum absolute atomic E-state index is 12.5. The Hall–Kier alpha value is -2.69. The molecule has 0 saturated carbocycles. The summed E-state index contributed by atoms with van der Waals surface area (Å²) in [7, 11) is 1.61. The maximum Gasteiger partial charge on any atom is 0.302 e. The number of nitrogens with zero attached hydrogens (tertiary/aromatic N) is 3. The molecule has 2 heterocycles. The highest BCUT2D eigenvalue weighted by Gasteiger charge is 2.23. The number of methoxy groups -OCH3 is 1. The second-order valence-electron chi connectivity index (χ2n) is 8.09. The van der Waals surface area contributed by atoms with Gasteiger partial charge in [-0.3, -0.25) is 14.5 Å². The number of hydrogen-bond acceptors (Lipinski definition) is 8. The molecule has 186 valence electrons. The van der Waals surface area contributed by atoms with Crippen LogP contribution in [0.2, 0.25) is 0 Å². The van der Waals surface area contributed by atoms with Gasteiger partial charge in [-0.1, -0.05) is 23.9 Å². The number of carbonyl (C=O) groups is 2. The van der Waals surface area contributed by atoms with Crippen molar-refractivity contribution in [1.29, 1.82) is 0 Å². The van der Waals surface area contributed by atoms with E-state index in [0.717, 1.165) is 47.1 Å². The predicted octanol–water partition coefficient (Wildman–Crippen LogP) is 4.15. The van der Waals surface area contributed by atoms with Gasteiger partial charge in [0.05, 0.1) is 32.5 Å². The highest BCUT2D eigenvalue weighted by molar-refractivity contribution is 8.14. The Kier molecular flexibility index (Phi) is 8.95. The Morgan fingerprint density at radius 2 is 1.89 bits per heavy atom. The molecule has 0 atom stereocenters. The summed E-state index contributed by atoms with van der Waals surface area (Å²) in [5.74, 6) is 3.95. The zero-order valence-corrected chi connectivity index (χ0v) is 21.6. The summed E-state index contributed by atoms with van der Waals surface area (Å²) in [5.41, 5.74) is 3.37. The second kappa shape index (κ2) is 12.3. The average Bonchev–Trinajstić information content (AvgIpc) is 2.87. The first-order chi connectivity index (χ1) is 17.1. The standard InChI is InChI=1S/C25H30N4O4S2/c1-3-33-23-14-19(6-9-22(23)32-2)21-17-35-25(31)29(27-21)15-18-4-7-20(8-5-18)26-24(30)16-28-10-12-34-13-11-28/h4-9,14H,3,10-13,15-17H2,1-2H3,(H,26,30). The molecule has 1 N–H and O–H groups in total. The van der Waals surface area contributed by atoms with Crippen molar-refractivity contribution in [3.8, 4) is 11.5 Å². The van der Waals surface area contributed by atoms with Crippen LogP contribution in [0.25, 0.3) is 0 Å². The number of nitrogens with one attached hydrogen (secondary N) is 1. The maximum atomic E-state index is 12.5. The van der Waals surface area contributed by atoms with E-state index in [0.29, 0.717) is 36.9 Å². The van der Waals surface area contributed by atoms with Gasteiger partial charge in [0.1, 0.15) is 0 Å².